The van der Waals surface area contributed by atoms with Gasteiger partial charge in [0.1, 0.15) is 0 Å². The summed E-state index contributed by atoms with van der Waals surface area (Å²) in [7, 11) is 0. The maximum Gasteiger partial charge on any atom is 0.188 e. The summed E-state index contributed by atoms with van der Waals surface area (Å²) in [6, 6.07) is 9.45. The first kappa shape index (κ1) is 22.4. The van der Waals surface area contributed by atoms with E-state index in [0.717, 1.165) is 19.6 Å². The summed E-state index contributed by atoms with van der Waals surface area (Å²) >= 11 is 0. The molecule has 0 radical (unpaired) electrons. The molecule has 0 saturated carbocycles. The van der Waals surface area contributed by atoms with E-state index >= 15 is 0 Å². The van der Waals surface area contributed by atoms with Crippen molar-refractivity contribution in [3.63, 3.8) is 0 Å². The van der Waals surface area contributed by atoms with Crippen LogP contribution in [0.25, 0.3) is 0 Å². The molecule has 5 nitrogen and oxygen atoms in total. The third kappa shape index (κ3) is 7.23. The number of aliphatic imine (C=N–C) groups is 1. The average Bonchev–Trinajstić information content (AvgIpc) is 3.14. The molecule has 1 aromatic rings. The third-order valence-electron chi connectivity index (χ3n) is 5.73. The number of nitrogens with two attached hydrogens (primary N) is 1. The lowest BCUT2D eigenvalue weighted by atomic mass is 10.1. The van der Waals surface area contributed by atoms with E-state index in [-0.39, 0.29) is 24.0 Å². The van der Waals surface area contributed by atoms with Gasteiger partial charge in [0.2, 0.25) is 0 Å². The topological polar surface area (TPSA) is 56.9 Å². The van der Waals surface area contributed by atoms with E-state index < -0.39 is 0 Å². The molecule has 0 spiro atoms. The van der Waals surface area contributed by atoms with Gasteiger partial charge in [0.05, 0.1) is 6.54 Å². The minimum atomic E-state index is 0. The number of guanidine groups is 1. The van der Waals surface area contributed by atoms with Crippen molar-refractivity contribution in [1.82, 2.24) is 15.1 Å². The Morgan fingerprint density at radius 3 is 2.48 bits per heavy atom. The molecule has 27 heavy (non-hydrogen) atoms. The predicted octanol–water partition coefficient (Wildman–Crippen LogP) is 3.18. The third-order valence-corrected chi connectivity index (χ3v) is 5.73. The summed E-state index contributed by atoms with van der Waals surface area (Å²) in [4.78, 5) is 9.58. The first-order chi connectivity index (χ1) is 12.7. The fourth-order valence-corrected chi connectivity index (χ4v) is 4.12. The van der Waals surface area contributed by atoms with Crippen molar-refractivity contribution < 1.29 is 0 Å². The zero-order chi connectivity index (χ0) is 18.2. The average molecular weight is 485 g/mol. The van der Waals surface area contributed by atoms with Crippen molar-refractivity contribution in [3.05, 3.63) is 35.4 Å². The lowest BCUT2D eigenvalue weighted by Crippen LogP contribution is -2.42. The predicted molar refractivity (Wildman–Crippen MR) is 125 cm³/mol. The normalized spacial score (nSPS) is 21.8. The number of rotatable bonds is 7. The molecule has 0 bridgehead atoms. The minimum absolute atomic E-state index is 0. The Balaban J connectivity index is 0.00000261. The van der Waals surface area contributed by atoms with E-state index in [1.165, 1.54) is 62.9 Å². The van der Waals surface area contributed by atoms with Crippen LogP contribution in [-0.2, 0) is 13.1 Å². The molecule has 1 aromatic carbocycles. The van der Waals surface area contributed by atoms with Gasteiger partial charge in [-0.1, -0.05) is 37.6 Å². The molecule has 2 saturated heterocycles. The Morgan fingerprint density at radius 2 is 1.78 bits per heavy atom. The number of halogens is 1. The van der Waals surface area contributed by atoms with Crippen molar-refractivity contribution in [1.29, 1.82) is 0 Å². The van der Waals surface area contributed by atoms with Crippen LogP contribution in [0, 0.1) is 0 Å². The molecule has 0 aliphatic carbocycles. The monoisotopic (exact) mass is 485 g/mol. The van der Waals surface area contributed by atoms with Crippen LogP contribution in [0.5, 0.6) is 0 Å². The number of nitrogens with zero attached hydrogens (tertiary/aromatic N) is 3. The van der Waals surface area contributed by atoms with Crippen LogP contribution in [0.2, 0.25) is 0 Å². The SMILES string of the molecule is CCN1CCCC1CNC(N)=NCc1ccc(CN2CCCCC2)cc1.I. The van der Waals surface area contributed by atoms with Crippen LogP contribution >= 0.6 is 24.0 Å². The van der Waals surface area contributed by atoms with E-state index in [9.17, 15) is 0 Å². The van der Waals surface area contributed by atoms with Gasteiger partial charge in [0, 0.05) is 19.1 Å². The Kier molecular flexibility index (Phi) is 9.86. The van der Waals surface area contributed by atoms with Gasteiger partial charge in [-0.05, 0) is 63.0 Å². The zero-order valence-electron chi connectivity index (χ0n) is 16.7. The van der Waals surface area contributed by atoms with Gasteiger partial charge in [-0.15, -0.1) is 24.0 Å². The zero-order valence-corrected chi connectivity index (χ0v) is 19.0. The Bertz CT molecular complexity index is 568. The van der Waals surface area contributed by atoms with Crippen LogP contribution < -0.4 is 11.1 Å². The van der Waals surface area contributed by atoms with Gasteiger partial charge in [0.15, 0.2) is 5.96 Å². The fourth-order valence-electron chi connectivity index (χ4n) is 4.12. The second-order valence-electron chi connectivity index (χ2n) is 7.66. The second kappa shape index (κ2) is 11.9. The van der Waals surface area contributed by atoms with Crippen LogP contribution in [0.1, 0.15) is 50.2 Å². The van der Waals surface area contributed by atoms with E-state index in [0.29, 0.717) is 18.5 Å². The van der Waals surface area contributed by atoms with Crippen LogP contribution in [-0.4, -0.2) is 54.5 Å². The quantitative estimate of drug-likeness (QED) is 0.354. The molecular formula is C21H36IN5. The van der Waals surface area contributed by atoms with Crippen LogP contribution in [0.4, 0.5) is 0 Å². The van der Waals surface area contributed by atoms with E-state index in [1.807, 2.05) is 0 Å². The fraction of sp³-hybridized carbons (Fsp3) is 0.667. The molecule has 0 amide bonds. The van der Waals surface area contributed by atoms with E-state index in [4.69, 9.17) is 5.73 Å². The number of likely N-dealkylation sites (tertiary alicyclic amines) is 2. The van der Waals surface area contributed by atoms with Crippen molar-refractivity contribution in [2.24, 2.45) is 10.7 Å². The highest BCUT2D eigenvalue weighted by molar-refractivity contribution is 14.0. The lowest BCUT2D eigenvalue weighted by Gasteiger charge is -2.26. The first-order valence-corrected chi connectivity index (χ1v) is 10.3. The molecule has 152 valence electrons. The highest BCUT2D eigenvalue weighted by atomic mass is 127. The molecule has 6 heteroatoms. The number of hydrogen-bond donors (Lipinski definition) is 2. The molecule has 0 aromatic heterocycles. The molecule has 1 atom stereocenters. The van der Waals surface area contributed by atoms with E-state index in [1.54, 1.807) is 0 Å². The van der Waals surface area contributed by atoms with Gasteiger partial charge in [-0.25, -0.2) is 4.99 Å². The summed E-state index contributed by atoms with van der Waals surface area (Å²) in [5.74, 6) is 0.561. The molecule has 3 N–H and O–H groups in total. The molecule has 2 aliphatic heterocycles. The molecule has 2 aliphatic rings. The smallest absolute Gasteiger partial charge is 0.188 e. The van der Waals surface area contributed by atoms with Gasteiger partial charge in [-0.3, -0.25) is 9.80 Å². The minimum Gasteiger partial charge on any atom is -0.370 e. The maximum absolute atomic E-state index is 6.05. The number of benzene rings is 1. The summed E-state index contributed by atoms with van der Waals surface area (Å²) < 4.78 is 0. The standard InChI is InChI=1S/C21H35N5.HI/c1-2-26-14-6-7-20(26)16-24-21(22)23-15-18-8-10-19(11-9-18)17-25-12-4-3-5-13-25;/h8-11,20H,2-7,12-17H2,1H3,(H3,22,23,24);1H. The largest absolute Gasteiger partial charge is 0.370 e. The van der Waals surface area contributed by atoms with Crippen LogP contribution in [0.15, 0.2) is 29.3 Å². The second-order valence-corrected chi connectivity index (χ2v) is 7.66. The molecule has 2 fully saturated rings. The Morgan fingerprint density at radius 1 is 1.07 bits per heavy atom. The lowest BCUT2D eigenvalue weighted by molar-refractivity contribution is 0.221. The van der Waals surface area contributed by atoms with Crippen molar-refractivity contribution in [2.45, 2.75) is 58.2 Å². The number of likely N-dealkylation sites (N-methyl/N-ethyl adjacent to an activating group) is 1. The van der Waals surface area contributed by atoms with Crippen molar-refractivity contribution in [2.75, 3.05) is 32.7 Å². The van der Waals surface area contributed by atoms with Gasteiger partial charge in [0.25, 0.3) is 0 Å². The van der Waals surface area contributed by atoms with Crippen molar-refractivity contribution in [3.8, 4) is 0 Å². The number of hydrogen-bond acceptors (Lipinski definition) is 3. The Labute approximate surface area is 181 Å². The van der Waals surface area contributed by atoms with E-state index in [2.05, 4.69) is 51.3 Å². The molecule has 2 heterocycles. The molecule has 1 unspecified atom stereocenters. The number of nitrogens with one attached hydrogen (secondary N) is 1. The maximum atomic E-state index is 6.05. The first-order valence-electron chi connectivity index (χ1n) is 10.3. The highest BCUT2D eigenvalue weighted by Crippen LogP contribution is 2.16. The van der Waals surface area contributed by atoms with Gasteiger partial charge in [-0.2, -0.15) is 0 Å². The van der Waals surface area contributed by atoms with Crippen LogP contribution in [0.3, 0.4) is 0 Å². The summed E-state index contributed by atoms with van der Waals surface area (Å²) in [6.07, 6.45) is 6.62. The molecular weight excluding hydrogens is 449 g/mol. The highest BCUT2D eigenvalue weighted by Gasteiger charge is 2.22. The van der Waals surface area contributed by atoms with Crippen molar-refractivity contribution >= 4 is 29.9 Å². The van der Waals surface area contributed by atoms with Gasteiger partial charge >= 0.3 is 0 Å². The van der Waals surface area contributed by atoms with Gasteiger partial charge < -0.3 is 11.1 Å². The number of piperidine rings is 1. The summed E-state index contributed by atoms with van der Waals surface area (Å²) in [5.41, 5.74) is 8.66. The summed E-state index contributed by atoms with van der Waals surface area (Å²) in [6.45, 7) is 9.66. The Hall–Kier alpha value is -0.860. The summed E-state index contributed by atoms with van der Waals surface area (Å²) in [5, 5.41) is 3.30. The molecule has 3 rings (SSSR count).